The molecule has 0 aromatic carbocycles. The van der Waals surface area contributed by atoms with Crippen LogP contribution in [0.5, 0.6) is 0 Å². The maximum atomic E-state index is 11.6. The van der Waals surface area contributed by atoms with E-state index < -0.39 is 9.84 Å². The second kappa shape index (κ2) is 3.00. The van der Waals surface area contributed by atoms with Crippen molar-refractivity contribution in [3.63, 3.8) is 0 Å². The third-order valence-corrected chi connectivity index (χ3v) is 4.95. The maximum absolute atomic E-state index is 11.6. The zero-order valence-electron chi connectivity index (χ0n) is 7.03. The smallest absolute Gasteiger partial charge is 0.155 e. The molecule has 1 aliphatic carbocycles. The van der Waals surface area contributed by atoms with Crippen LogP contribution >= 0.6 is 0 Å². The molecule has 0 spiro atoms. The zero-order chi connectivity index (χ0) is 8.60. The Morgan fingerprint density at radius 1 is 1.25 bits per heavy atom. The van der Waals surface area contributed by atoms with Crippen LogP contribution < -0.4 is 0 Å². The van der Waals surface area contributed by atoms with Crippen LogP contribution in [0.1, 0.15) is 25.7 Å². The largest absolute Gasteiger partial charge is 0.372 e. The molecule has 0 bridgehead atoms. The summed E-state index contributed by atoms with van der Waals surface area (Å²) in [7, 11) is -2.82. The number of rotatable bonds is 3. The first kappa shape index (κ1) is 8.51. The molecule has 0 aromatic heterocycles. The summed E-state index contributed by atoms with van der Waals surface area (Å²) in [5.41, 5.74) is 0. The molecule has 0 radical (unpaired) electrons. The number of ether oxygens (including phenoxy) is 1. The SMILES string of the molecule is O=S(=O)(C[C@H]1CO1)C1CCCC1. The molecule has 12 heavy (non-hydrogen) atoms. The van der Waals surface area contributed by atoms with Crippen molar-refractivity contribution >= 4 is 9.84 Å². The Kier molecular flexibility index (Phi) is 2.12. The van der Waals surface area contributed by atoms with Crippen LogP contribution in [0.4, 0.5) is 0 Å². The van der Waals surface area contributed by atoms with Crippen molar-refractivity contribution in [1.82, 2.24) is 0 Å². The summed E-state index contributed by atoms with van der Waals surface area (Å²) < 4.78 is 28.1. The van der Waals surface area contributed by atoms with Crippen molar-refractivity contribution in [2.24, 2.45) is 0 Å². The lowest BCUT2D eigenvalue weighted by Gasteiger charge is -2.08. The fraction of sp³-hybridized carbons (Fsp3) is 1.00. The lowest BCUT2D eigenvalue weighted by atomic mass is 10.4. The predicted octanol–water partition coefficient (Wildman–Crippen LogP) is 0.743. The van der Waals surface area contributed by atoms with E-state index in [2.05, 4.69) is 0 Å². The van der Waals surface area contributed by atoms with Crippen molar-refractivity contribution < 1.29 is 13.2 Å². The van der Waals surface area contributed by atoms with E-state index in [1.807, 2.05) is 0 Å². The molecule has 0 N–H and O–H groups in total. The van der Waals surface area contributed by atoms with Crippen molar-refractivity contribution in [1.29, 1.82) is 0 Å². The molecule has 1 heterocycles. The van der Waals surface area contributed by atoms with Gasteiger partial charge in [0.05, 0.1) is 23.7 Å². The van der Waals surface area contributed by atoms with E-state index in [1.54, 1.807) is 0 Å². The molecule has 2 aliphatic rings. The van der Waals surface area contributed by atoms with E-state index in [-0.39, 0.29) is 17.1 Å². The Labute approximate surface area is 73.0 Å². The van der Waals surface area contributed by atoms with Gasteiger partial charge in [-0.2, -0.15) is 0 Å². The van der Waals surface area contributed by atoms with E-state index in [1.165, 1.54) is 0 Å². The van der Waals surface area contributed by atoms with Crippen LogP contribution in [0.3, 0.4) is 0 Å². The molecule has 0 amide bonds. The first-order valence-corrected chi connectivity index (χ1v) is 6.23. The average Bonchev–Trinajstić information content (AvgIpc) is 2.67. The minimum Gasteiger partial charge on any atom is -0.372 e. The quantitative estimate of drug-likeness (QED) is 0.617. The molecule has 0 unspecified atom stereocenters. The van der Waals surface area contributed by atoms with Gasteiger partial charge < -0.3 is 4.74 Å². The summed E-state index contributed by atoms with van der Waals surface area (Å²) in [4.78, 5) is 0. The Bertz CT molecular complexity index is 247. The zero-order valence-corrected chi connectivity index (χ0v) is 7.85. The average molecular weight is 190 g/mol. The third-order valence-electron chi connectivity index (χ3n) is 2.63. The van der Waals surface area contributed by atoms with Crippen molar-refractivity contribution in [3.05, 3.63) is 0 Å². The lowest BCUT2D eigenvalue weighted by Crippen LogP contribution is -2.23. The van der Waals surface area contributed by atoms with Gasteiger partial charge in [0.25, 0.3) is 0 Å². The van der Waals surface area contributed by atoms with E-state index in [0.717, 1.165) is 25.7 Å². The Balaban J connectivity index is 1.97. The second-order valence-corrected chi connectivity index (χ2v) is 6.02. The molecule has 2 rings (SSSR count). The fourth-order valence-electron chi connectivity index (χ4n) is 1.81. The maximum Gasteiger partial charge on any atom is 0.155 e. The summed E-state index contributed by atoms with van der Waals surface area (Å²) >= 11 is 0. The number of sulfone groups is 1. The summed E-state index contributed by atoms with van der Waals surface area (Å²) in [5, 5.41) is -0.0540. The molecular formula is C8H14O3S. The number of hydrogen-bond donors (Lipinski definition) is 0. The van der Waals surface area contributed by atoms with Crippen molar-refractivity contribution in [2.75, 3.05) is 12.4 Å². The van der Waals surface area contributed by atoms with Gasteiger partial charge in [0, 0.05) is 0 Å². The fourth-order valence-corrected chi connectivity index (χ4v) is 3.84. The van der Waals surface area contributed by atoms with Crippen LogP contribution in [-0.2, 0) is 14.6 Å². The van der Waals surface area contributed by atoms with Crippen LogP contribution in [0.2, 0.25) is 0 Å². The molecule has 1 saturated heterocycles. The number of hydrogen-bond acceptors (Lipinski definition) is 3. The molecule has 4 heteroatoms. The summed E-state index contributed by atoms with van der Waals surface area (Å²) in [5.74, 6) is 0.262. The molecule has 1 saturated carbocycles. The van der Waals surface area contributed by atoms with Crippen LogP contribution in [-0.4, -0.2) is 32.1 Å². The summed E-state index contributed by atoms with van der Waals surface area (Å²) in [6.45, 7) is 0.645. The van der Waals surface area contributed by atoms with Gasteiger partial charge in [-0.15, -0.1) is 0 Å². The summed E-state index contributed by atoms with van der Waals surface area (Å²) in [6.07, 6.45) is 3.92. The standard InChI is InChI=1S/C8H14O3S/c9-12(10,6-7-5-11-7)8-3-1-2-4-8/h7-8H,1-6H2/t7-/m1/s1. The molecule has 0 aromatic rings. The van der Waals surface area contributed by atoms with E-state index >= 15 is 0 Å². The van der Waals surface area contributed by atoms with Gasteiger partial charge in [-0.05, 0) is 12.8 Å². The Hall–Kier alpha value is -0.0900. The van der Waals surface area contributed by atoms with Gasteiger partial charge in [0.2, 0.25) is 0 Å². The molecule has 2 fully saturated rings. The second-order valence-electron chi connectivity index (χ2n) is 3.69. The first-order chi connectivity index (χ1) is 5.68. The van der Waals surface area contributed by atoms with Gasteiger partial charge in [0.15, 0.2) is 9.84 Å². The van der Waals surface area contributed by atoms with Gasteiger partial charge in [-0.25, -0.2) is 8.42 Å². The van der Waals surface area contributed by atoms with Crippen LogP contribution in [0.15, 0.2) is 0 Å². The topological polar surface area (TPSA) is 46.7 Å². The van der Waals surface area contributed by atoms with E-state index in [0.29, 0.717) is 6.61 Å². The van der Waals surface area contributed by atoms with Crippen molar-refractivity contribution in [3.8, 4) is 0 Å². The molecule has 70 valence electrons. The minimum absolute atomic E-state index is 0.0237. The minimum atomic E-state index is -2.82. The molecule has 3 nitrogen and oxygen atoms in total. The predicted molar refractivity (Wildman–Crippen MR) is 45.8 cm³/mol. The summed E-state index contributed by atoms with van der Waals surface area (Å²) in [6, 6.07) is 0. The lowest BCUT2D eigenvalue weighted by molar-refractivity contribution is 0.422. The monoisotopic (exact) mass is 190 g/mol. The first-order valence-electron chi connectivity index (χ1n) is 4.52. The highest BCUT2D eigenvalue weighted by Crippen LogP contribution is 2.27. The van der Waals surface area contributed by atoms with Crippen LogP contribution in [0.25, 0.3) is 0 Å². The normalized spacial score (nSPS) is 30.8. The molecule has 1 atom stereocenters. The van der Waals surface area contributed by atoms with Gasteiger partial charge in [0.1, 0.15) is 0 Å². The van der Waals surface area contributed by atoms with E-state index in [4.69, 9.17) is 4.74 Å². The van der Waals surface area contributed by atoms with Crippen LogP contribution in [0, 0.1) is 0 Å². The van der Waals surface area contributed by atoms with Gasteiger partial charge >= 0.3 is 0 Å². The Morgan fingerprint density at radius 2 is 1.83 bits per heavy atom. The molecule has 1 aliphatic heterocycles. The number of epoxide rings is 1. The van der Waals surface area contributed by atoms with E-state index in [9.17, 15) is 8.42 Å². The highest BCUT2D eigenvalue weighted by Gasteiger charge is 2.35. The third kappa shape index (κ3) is 1.80. The highest BCUT2D eigenvalue weighted by molar-refractivity contribution is 7.92. The van der Waals surface area contributed by atoms with Gasteiger partial charge in [-0.3, -0.25) is 0 Å². The highest BCUT2D eigenvalue weighted by atomic mass is 32.2. The van der Waals surface area contributed by atoms with Crippen molar-refractivity contribution in [2.45, 2.75) is 37.0 Å². The molecular weight excluding hydrogens is 176 g/mol. The van der Waals surface area contributed by atoms with Gasteiger partial charge in [-0.1, -0.05) is 12.8 Å². The Morgan fingerprint density at radius 3 is 2.33 bits per heavy atom.